The highest BCUT2D eigenvalue weighted by atomic mass is 32.2. The largest absolute Gasteiger partial charge is 0.497 e. The first kappa shape index (κ1) is 23.7. The van der Waals surface area contributed by atoms with Gasteiger partial charge in [-0.2, -0.15) is 4.31 Å². The van der Waals surface area contributed by atoms with Crippen LogP contribution >= 0.6 is 0 Å². The molecule has 10 nitrogen and oxygen atoms in total. The lowest BCUT2D eigenvalue weighted by atomic mass is 10.00. The number of piperidine rings is 1. The average molecular weight is 487 g/mol. The van der Waals surface area contributed by atoms with Crippen molar-refractivity contribution in [3.63, 3.8) is 0 Å². The van der Waals surface area contributed by atoms with Gasteiger partial charge in [-0.25, -0.2) is 8.42 Å². The fourth-order valence-electron chi connectivity index (χ4n) is 3.92. The summed E-state index contributed by atoms with van der Waals surface area (Å²) in [6.45, 7) is 1.93. The summed E-state index contributed by atoms with van der Waals surface area (Å²) in [4.78, 5) is 11.6. The number of hydrogen-bond acceptors (Lipinski definition) is 8. The molecule has 1 aromatic heterocycles. The molecule has 0 spiro atoms. The number of benzene rings is 2. The average Bonchev–Trinajstić information content (AvgIpc) is 3.34. The number of sulfonamides is 1. The highest BCUT2D eigenvalue weighted by molar-refractivity contribution is 7.89. The van der Waals surface area contributed by atoms with Crippen molar-refractivity contribution in [1.82, 2.24) is 14.5 Å². The number of carbonyl (C=O) groups is 1. The van der Waals surface area contributed by atoms with Crippen LogP contribution in [-0.2, 0) is 14.8 Å². The minimum absolute atomic E-state index is 0.0697. The van der Waals surface area contributed by atoms with E-state index in [0.29, 0.717) is 41.9 Å². The molecule has 1 amide bonds. The van der Waals surface area contributed by atoms with E-state index in [4.69, 9.17) is 13.9 Å². The fraction of sp³-hybridized carbons (Fsp3) is 0.348. The summed E-state index contributed by atoms with van der Waals surface area (Å²) < 4.78 is 44.6. The fourth-order valence-corrected chi connectivity index (χ4v) is 5.47. The minimum atomic E-state index is -3.82. The molecule has 0 bridgehead atoms. The molecule has 3 aromatic rings. The lowest BCUT2D eigenvalue weighted by Crippen LogP contribution is -2.39. The Kier molecular flexibility index (Phi) is 6.85. The summed E-state index contributed by atoms with van der Waals surface area (Å²) in [6, 6.07) is 11.7. The minimum Gasteiger partial charge on any atom is -0.497 e. The van der Waals surface area contributed by atoms with E-state index in [9.17, 15) is 13.2 Å². The second-order valence-corrected chi connectivity index (χ2v) is 9.86. The van der Waals surface area contributed by atoms with Gasteiger partial charge in [-0.15, -0.1) is 10.2 Å². The number of nitrogens with zero attached hydrogens (tertiary/aromatic N) is 3. The molecular weight excluding hydrogens is 460 g/mol. The molecule has 1 N–H and O–H groups in total. The number of amides is 1. The van der Waals surface area contributed by atoms with E-state index in [1.54, 1.807) is 13.2 Å². The van der Waals surface area contributed by atoms with Gasteiger partial charge in [-0.3, -0.25) is 4.79 Å². The van der Waals surface area contributed by atoms with Crippen molar-refractivity contribution >= 4 is 21.6 Å². The van der Waals surface area contributed by atoms with Crippen molar-refractivity contribution < 1.29 is 27.1 Å². The molecule has 180 valence electrons. The number of rotatable bonds is 7. The van der Waals surface area contributed by atoms with Crippen LogP contribution in [0.1, 0.15) is 31.6 Å². The first-order valence-electron chi connectivity index (χ1n) is 10.8. The molecule has 4 rings (SSSR count). The van der Waals surface area contributed by atoms with Gasteiger partial charge in [0.2, 0.25) is 27.7 Å². The molecule has 1 saturated heterocycles. The number of anilines is 1. The normalized spacial score (nSPS) is 16.7. The number of aromatic nitrogens is 2. The zero-order valence-corrected chi connectivity index (χ0v) is 20.0. The van der Waals surface area contributed by atoms with Crippen molar-refractivity contribution in [3.05, 3.63) is 48.4 Å². The summed E-state index contributed by atoms with van der Waals surface area (Å²) in [6.07, 6.45) is 1.38. The molecule has 2 aromatic carbocycles. The standard InChI is InChI=1S/C23H26N4O6S/c1-15(28)24-20-13-19(9-10-21(20)32-3)34(29,30)27-11-5-7-17(14-27)23-26-25-22(33-23)16-6-4-8-18(12-16)31-2/h4,6,8-10,12-13,17H,5,7,11,14H2,1-3H3,(H,24,28). The zero-order valence-electron chi connectivity index (χ0n) is 19.1. The maximum atomic E-state index is 13.4. The Bertz CT molecular complexity index is 1290. The summed E-state index contributed by atoms with van der Waals surface area (Å²) in [5.74, 6) is 1.24. The predicted octanol–water partition coefficient (Wildman–Crippen LogP) is 3.28. The molecular formula is C23H26N4O6S. The molecule has 1 aliphatic rings. The Labute approximate surface area is 197 Å². The van der Waals surface area contributed by atoms with Crippen LogP contribution in [0.5, 0.6) is 11.5 Å². The summed E-state index contributed by atoms with van der Waals surface area (Å²) in [5.41, 5.74) is 1.02. The first-order chi connectivity index (χ1) is 16.3. The third-order valence-electron chi connectivity index (χ3n) is 5.61. The Morgan fingerprint density at radius 1 is 1.15 bits per heavy atom. The quantitative estimate of drug-likeness (QED) is 0.540. The van der Waals surface area contributed by atoms with Crippen molar-refractivity contribution in [1.29, 1.82) is 0 Å². The highest BCUT2D eigenvalue weighted by Gasteiger charge is 2.33. The number of ether oxygens (including phenoxy) is 2. The van der Waals surface area contributed by atoms with Crippen molar-refractivity contribution in [2.45, 2.75) is 30.6 Å². The Balaban J connectivity index is 1.56. The van der Waals surface area contributed by atoms with Gasteiger partial charge in [0.05, 0.1) is 30.7 Å². The van der Waals surface area contributed by atoms with Crippen LogP contribution in [0.2, 0.25) is 0 Å². The monoisotopic (exact) mass is 486 g/mol. The van der Waals surface area contributed by atoms with Gasteiger partial charge < -0.3 is 19.2 Å². The molecule has 2 heterocycles. The van der Waals surface area contributed by atoms with Crippen molar-refractivity contribution in [2.75, 3.05) is 32.6 Å². The predicted molar refractivity (Wildman–Crippen MR) is 124 cm³/mol. The topological polar surface area (TPSA) is 124 Å². The van der Waals surface area contributed by atoms with E-state index >= 15 is 0 Å². The summed E-state index contributed by atoms with van der Waals surface area (Å²) in [7, 11) is -0.787. The van der Waals surface area contributed by atoms with Crippen LogP contribution in [0.3, 0.4) is 0 Å². The van der Waals surface area contributed by atoms with E-state index in [-0.39, 0.29) is 23.3 Å². The molecule has 0 aliphatic carbocycles. The highest BCUT2D eigenvalue weighted by Crippen LogP contribution is 2.34. The van der Waals surface area contributed by atoms with Gasteiger partial charge in [-0.05, 0) is 49.2 Å². The van der Waals surface area contributed by atoms with E-state index in [0.717, 1.165) is 12.0 Å². The van der Waals surface area contributed by atoms with Gasteiger partial charge in [0.1, 0.15) is 11.5 Å². The van der Waals surface area contributed by atoms with E-state index in [1.165, 1.54) is 36.5 Å². The molecule has 11 heteroatoms. The number of carbonyl (C=O) groups excluding carboxylic acids is 1. The lowest BCUT2D eigenvalue weighted by molar-refractivity contribution is -0.114. The molecule has 1 atom stereocenters. The third kappa shape index (κ3) is 4.90. The van der Waals surface area contributed by atoms with Crippen LogP contribution in [0.25, 0.3) is 11.5 Å². The van der Waals surface area contributed by atoms with Crippen LogP contribution in [-0.4, -0.2) is 56.1 Å². The van der Waals surface area contributed by atoms with Gasteiger partial charge >= 0.3 is 0 Å². The van der Waals surface area contributed by atoms with Crippen molar-refractivity contribution in [2.24, 2.45) is 0 Å². The Morgan fingerprint density at radius 3 is 2.71 bits per heavy atom. The summed E-state index contributed by atoms with van der Waals surface area (Å²) >= 11 is 0. The van der Waals surface area contributed by atoms with Gasteiger partial charge in [0.25, 0.3) is 0 Å². The lowest BCUT2D eigenvalue weighted by Gasteiger charge is -2.30. The zero-order chi connectivity index (χ0) is 24.3. The SMILES string of the molecule is COc1cccc(-c2nnc(C3CCCN(S(=O)(=O)c4ccc(OC)c(NC(C)=O)c4)C3)o2)c1. The van der Waals surface area contributed by atoms with E-state index in [2.05, 4.69) is 15.5 Å². The molecule has 1 aliphatic heterocycles. The first-order valence-corrected chi connectivity index (χ1v) is 12.2. The second-order valence-electron chi connectivity index (χ2n) is 7.92. The van der Waals surface area contributed by atoms with Crippen molar-refractivity contribution in [3.8, 4) is 23.0 Å². The van der Waals surface area contributed by atoms with Crippen LogP contribution in [0, 0.1) is 0 Å². The maximum absolute atomic E-state index is 13.4. The molecule has 0 radical (unpaired) electrons. The van der Waals surface area contributed by atoms with Crippen LogP contribution in [0.4, 0.5) is 5.69 Å². The smallest absolute Gasteiger partial charge is 0.247 e. The molecule has 34 heavy (non-hydrogen) atoms. The van der Waals surface area contributed by atoms with E-state index in [1.807, 2.05) is 18.2 Å². The number of methoxy groups -OCH3 is 2. The third-order valence-corrected chi connectivity index (χ3v) is 7.47. The Morgan fingerprint density at radius 2 is 1.97 bits per heavy atom. The Hall–Kier alpha value is -3.44. The second kappa shape index (κ2) is 9.82. The van der Waals surface area contributed by atoms with E-state index < -0.39 is 10.0 Å². The molecule has 1 unspecified atom stereocenters. The summed E-state index contributed by atoms with van der Waals surface area (Å²) in [5, 5.41) is 10.9. The molecule has 1 fully saturated rings. The van der Waals surface area contributed by atoms with Gasteiger partial charge in [-0.1, -0.05) is 6.07 Å². The van der Waals surface area contributed by atoms with Gasteiger partial charge in [0, 0.05) is 25.6 Å². The van der Waals surface area contributed by atoms with Crippen LogP contribution < -0.4 is 14.8 Å². The number of hydrogen-bond donors (Lipinski definition) is 1. The molecule has 0 saturated carbocycles. The maximum Gasteiger partial charge on any atom is 0.247 e. The van der Waals surface area contributed by atoms with Crippen LogP contribution in [0.15, 0.2) is 51.8 Å². The number of nitrogens with one attached hydrogen (secondary N) is 1. The van der Waals surface area contributed by atoms with Gasteiger partial charge in [0.15, 0.2) is 0 Å².